The van der Waals surface area contributed by atoms with Gasteiger partial charge < -0.3 is 14.5 Å². The lowest BCUT2D eigenvalue weighted by atomic mass is 10.0. The van der Waals surface area contributed by atoms with Crippen LogP contribution in [0.1, 0.15) is 22.9 Å². The largest absolute Gasteiger partial charge is 0.344 e. The number of aliphatic imine (C=N–C) groups is 2. The molecule has 2 aromatic heterocycles. The molecule has 0 spiro atoms. The molecule has 1 atom stereocenters. The molecule has 12 rings (SSSR count). The third-order valence-corrected chi connectivity index (χ3v) is 11.7. The summed E-state index contributed by atoms with van der Waals surface area (Å²) in [5.74, 6) is 1.49. The predicted octanol–water partition coefficient (Wildman–Crippen LogP) is 12.7. The molecule has 3 heterocycles. The van der Waals surface area contributed by atoms with E-state index in [-0.39, 0.29) is 6.17 Å². The molecule has 1 N–H and O–H groups in total. The molecular formula is C53H35N5. The lowest BCUT2D eigenvalue weighted by Crippen LogP contribution is -2.33. The van der Waals surface area contributed by atoms with Gasteiger partial charge in [-0.25, -0.2) is 9.98 Å². The average Bonchev–Trinajstić information content (AvgIpc) is 3.81. The van der Waals surface area contributed by atoms with Gasteiger partial charge in [0.15, 0.2) is 5.84 Å². The summed E-state index contributed by atoms with van der Waals surface area (Å²) in [5.41, 5.74) is 9.98. The molecule has 58 heavy (non-hydrogen) atoms. The molecule has 0 aliphatic carbocycles. The van der Waals surface area contributed by atoms with Crippen molar-refractivity contribution in [2.45, 2.75) is 6.17 Å². The summed E-state index contributed by atoms with van der Waals surface area (Å²) >= 11 is 0. The Hall–Kier alpha value is -7.76. The maximum atomic E-state index is 5.25. The summed E-state index contributed by atoms with van der Waals surface area (Å²) < 4.78 is 4.74. The van der Waals surface area contributed by atoms with Crippen LogP contribution in [0.2, 0.25) is 0 Å². The van der Waals surface area contributed by atoms with Crippen LogP contribution in [0.25, 0.3) is 76.5 Å². The third-order valence-electron chi connectivity index (χ3n) is 11.7. The Labute approximate surface area is 334 Å². The summed E-state index contributed by atoms with van der Waals surface area (Å²) in [5, 5.41) is 13.6. The van der Waals surface area contributed by atoms with Crippen LogP contribution in [0.15, 0.2) is 210 Å². The van der Waals surface area contributed by atoms with Crippen molar-refractivity contribution in [2.24, 2.45) is 9.98 Å². The number of aromatic nitrogens is 2. The second kappa shape index (κ2) is 12.9. The van der Waals surface area contributed by atoms with Crippen molar-refractivity contribution in [3.05, 3.63) is 217 Å². The number of hydrogen-bond donors (Lipinski definition) is 1. The first-order chi connectivity index (χ1) is 28.7. The Kier molecular flexibility index (Phi) is 7.23. The van der Waals surface area contributed by atoms with E-state index in [9.17, 15) is 0 Å². The number of para-hydroxylation sites is 2. The van der Waals surface area contributed by atoms with Gasteiger partial charge in [-0.05, 0) is 106 Å². The highest BCUT2D eigenvalue weighted by molar-refractivity contribution is 6.23. The molecule has 0 radical (unpaired) electrons. The SMILES string of the molecule is c1ccc(C2N=C(c3ccc(-n4c5cc6ccccc6cc5c5c6ccccc6ccc54)cc3)N=C(c3ccc4c(c3)c3ccccc3n4-c3ccccc3)N2)cc1. The quantitative estimate of drug-likeness (QED) is 0.188. The van der Waals surface area contributed by atoms with E-state index in [0.29, 0.717) is 5.84 Å². The van der Waals surface area contributed by atoms with Gasteiger partial charge in [-0.1, -0.05) is 121 Å². The van der Waals surface area contributed by atoms with Crippen LogP contribution in [0, 0.1) is 0 Å². The molecule has 1 aliphatic rings. The van der Waals surface area contributed by atoms with Crippen molar-refractivity contribution < 1.29 is 0 Å². The lowest BCUT2D eigenvalue weighted by Gasteiger charge is -2.24. The van der Waals surface area contributed by atoms with Gasteiger partial charge in [-0.3, -0.25) is 0 Å². The van der Waals surface area contributed by atoms with Crippen molar-refractivity contribution in [2.75, 3.05) is 0 Å². The van der Waals surface area contributed by atoms with E-state index in [1.165, 1.54) is 59.6 Å². The van der Waals surface area contributed by atoms with Crippen molar-refractivity contribution in [1.82, 2.24) is 14.5 Å². The molecule has 0 saturated carbocycles. The lowest BCUT2D eigenvalue weighted by molar-refractivity contribution is 0.674. The number of benzene rings is 9. The second-order valence-corrected chi connectivity index (χ2v) is 15.1. The van der Waals surface area contributed by atoms with E-state index in [1.54, 1.807) is 0 Å². The van der Waals surface area contributed by atoms with Gasteiger partial charge in [-0.2, -0.15) is 0 Å². The Morgan fingerprint density at radius 1 is 0.397 bits per heavy atom. The van der Waals surface area contributed by atoms with Crippen LogP contribution in [-0.2, 0) is 0 Å². The topological polar surface area (TPSA) is 46.6 Å². The Balaban J connectivity index is 0.999. The molecular weight excluding hydrogens is 707 g/mol. The fourth-order valence-corrected chi connectivity index (χ4v) is 9.02. The number of fused-ring (bicyclic) bond motifs is 9. The first-order valence-corrected chi connectivity index (χ1v) is 19.8. The molecule has 0 amide bonds. The fraction of sp³-hybridized carbons (Fsp3) is 0.0189. The molecule has 272 valence electrons. The van der Waals surface area contributed by atoms with Gasteiger partial charge in [0.25, 0.3) is 0 Å². The van der Waals surface area contributed by atoms with Crippen molar-refractivity contribution in [3.8, 4) is 11.4 Å². The molecule has 11 aromatic rings. The summed E-state index contributed by atoms with van der Waals surface area (Å²) in [4.78, 5) is 10.5. The molecule has 1 unspecified atom stereocenters. The maximum Gasteiger partial charge on any atom is 0.159 e. The van der Waals surface area contributed by atoms with E-state index in [0.717, 1.165) is 39.4 Å². The smallest absolute Gasteiger partial charge is 0.159 e. The molecule has 0 bridgehead atoms. The Morgan fingerprint density at radius 3 is 1.81 bits per heavy atom. The highest BCUT2D eigenvalue weighted by Crippen LogP contribution is 2.39. The number of rotatable bonds is 5. The van der Waals surface area contributed by atoms with Gasteiger partial charge in [0, 0.05) is 44.0 Å². The minimum atomic E-state index is -0.302. The van der Waals surface area contributed by atoms with E-state index in [2.05, 4.69) is 209 Å². The predicted molar refractivity (Wildman–Crippen MR) is 242 cm³/mol. The monoisotopic (exact) mass is 741 g/mol. The molecule has 5 heteroatoms. The van der Waals surface area contributed by atoms with Gasteiger partial charge in [0.1, 0.15) is 12.0 Å². The Bertz CT molecular complexity index is 3460. The van der Waals surface area contributed by atoms with E-state index < -0.39 is 0 Å². The highest BCUT2D eigenvalue weighted by atomic mass is 15.2. The third kappa shape index (κ3) is 5.10. The summed E-state index contributed by atoms with van der Waals surface area (Å²) in [7, 11) is 0. The standard InChI is InChI=1S/C53H35N5/c1-3-14-35(15-4-1)51-54-52(56-53(55-51)39-26-29-47-44(32-39)43-21-11-12-22-46(43)57(47)40-18-5-2-6-19-40)36-23-27-41(28-24-36)58-48-30-25-34-13-9-10-20-42(34)50(48)45-31-37-16-7-8-17-38(37)33-49(45)58/h1-33,51H,(H,54,55,56). The zero-order chi connectivity index (χ0) is 38.2. The molecule has 0 saturated heterocycles. The first-order valence-electron chi connectivity index (χ1n) is 19.8. The van der Waals surface area contributed by atoms with Crippen LogP contribution >= 0.6 is 0 Å². The van der Waals surface area contributed by atoms with Crippen LogP contribution < -0.4 is 5.32 Å². The second-order valence-electron chi connectivity index (χ2n) is 15.1. The number of nitrogens with one attached hydrogen (secondary N) is 1. The number of hydrogen-bond acceptors (Lipinski definition) is 3. The zero-order valence-electron chi connectivity index (χ0n) is 31.4. The molecule has 5 nitrogen and oxygen atoms in total. The average molecular weight is 742 g/mol. The minimum absolute atomic E-state index is 0.302. The number of amidine groups is 2. The van der Waals surface area contributed by atoms with Crippen LogP contribution in [0.4, 0.5) is 0 Å². The van der Waals surface area contributed by atoms with Crippen molar-refractivity contribution in [1.29, 1.82) is 0 Å². The summed E-state index contributed by atoms with van der Waals surface area (Å²) in [6, 6.07) is 71.6. The minimum Gasteiger partial charge on any atom is -0.344 e. The van der Waals surface area contributed by atoms with Gasteiger partial charge in [0.2, 0.25) is 0 Å². The molecule has 1 aliphatic heterocycles. The number of nitrogens with zero attached hydrogens (tertiary/aromatic N) is 4. The van der Waals surface area contributed by atoms with Crippen LogP contribution in [-0.4, -0.2) is 20.8 Å². The van der Waals surface area contributed by atoms with Crippen LogP contribution in [0.3, 0.4) is 0 Å². The van der Waals surface area contributed by atoms with Crippen molar-refractivity contribution >= 4 is 76.8 Å². The van der Waals surface area contributed by atoms with Crippen LogP contribution in [0.5, 0.6) is 0 Å². The zero-order valence-corrected chi connectivity index (χ0v) is 31.4. The summed E-state index contributed by atoms with van der Waals surface area (Å²) in [6.07, 6.45) is -0.302. The van der Waals surface area contributed by atoms with Gasteiger partial charge in [0.05, 0.1) is 22.1 Å². The van der Waals surface area contributed by atoms with E-state index >= 15 is 0 Å². The van der Waals surface area contributed by atoms with Crippen molar-refractivity contribution in [3.63, 3.8) is 0 Å². The first kappa shape index (κ1) is 32.5. The molecule has 9 aromatic carbocycles. The van der Waals surface area contributed by atoms with E-state index in [1.807, 2.05) is 6.07 Å². The molecule has 0 fully saturated rings. The van der Waals surface area contributed by atoms with Gasteiger partial charge in [-0.15, -0.1) is 0 Å². The van der Waals surface area contributed by atoms with E-state index in [4.69, 9.17) is 9.98 Å². The van der Waals surface area contributed by atoms with Gasteiger partial charge >= 0.3 is 0 Å². The highest BCUT2D eigenvalue weighted by Gasteiger charge is 2.23. The Morgan fingerprint density at radius 2 is 1.00 bits per heavy atom. The summed E-state index contributed by atoms with van der Waals surface area (Å²) in [6.45, 7) is 0. The normalized spacial score (nSPS) is 14.4. The maximum absolute atomic E-state index is 5.25. The fourth-order valence-electron chi connectivity index (χ4n) is 9.02.